The van der Waals surface area contributed by atoms with Crippen LogP contribution < -0.4 is 5.32 Å². The van der Waals surface area contributed by atoms with Gasteiger partial charge in [0.1, 0.15) is 12.6 Å². The molecule has 0 aromatic heterocycles. The van der Waals surface area contributed by atoms with Gasteiger partial charge < -0.3 is 15.5 Å². The summed E-state index contributed by atoms with van der Waals surface area (Å²) in [5, 5.41) is 20.8. The first-order valence-corrected chi connectivity index (χ1v) is 7.40. The highest BCUT2D eigenvalue weighted by atomic mass is 16.3. The van der Waals surface area contributed by atoms with Gasteiger partial charge in [0.2, 0.25) is 0 Å². The van der Waals surface area contributed by atoms with E-state index in [1.807, 2.05) is 20.8 Å². The fourth-order valence-corrected chi connectivity index (χ4v) is 1.76. The zero-order chi connectivity index (χ0) is 17.6. The largest absolute Gasteiger partial charge is 0.391 e. The van der Waals surface area contributed by atoms with Crippen LogP contribution in [0.25, 0.3) is 0 Å². The zero-order valence-electron chi connectivity index (χ0n) is 13.9. The van der Waals surface area contributed by atoms with Gasteiger partial charge >= 0.3 is 0 Å². The Labute approximate surface area is 136 Å². The van der Waals surface area contributed by atoms with Gasteiger partial charge in [0.25, 0.3) is 5.91 Å². The van der Waals surface area contributed by atoms with Gasteiger partial charge in [0, 0.05) is 16.5 Å². The molecule has 1 amide bonds. The molecule has 2 atom stereocenters. The number of aliphatic hydroxyl groups is 2. The number of aliphatic hydroxyl groups excluding tert-OH is 2. The molecule has 0 bridgehead atoms. The smallest absolute Gasteiger partial charge is 0.251 e. The molecule has 0 aliphatic rings. The average molecular weight is 317 g/mol. The van der Waals surface area contributed by atoms with Crippen LogP contribution in [0.1, 0.15) is 43.6 Å². The van der Waals surface area contributed by atoms with Crippen LogP contribution in [-0.4, -0.2) is 40.7 Å². The Hall–Kier alpha value is -2.16. The standard InChI is InChI=1S/C18H23NO4/c1-12(21)16(15(22)11-20)19-17(23)14-7-5-13(6-8-14)9-10-18(2,3)4/h5-8,12,16,20-21H,11H2,1-4H3,(H,19,23)/t12-,16+/m1/s1. The molecule has 0 aliphatic carbocycles. The van der Waals surface area contributed by atoms with Gasteiger partial charge in [-0.2, -0.15) is 0 Å². The Morgan fingerprint density at radius 3 is 2.22 bits per heavy atom. The molecule has 23 heavy (non-hydrogen) atoms. The lowest BCUT2D eigenvalue weighted by Crippen LogP contribution is -2.48. The Balaban J connectivity index is 2.85. The van der Waals surface area contributed by atoms with Gasteiger partial charge in [-0.3, -0.25) is 9.59 Å². The third kappa shape index (κ3) is 6.23. The Morgan fingerprint density at radius 1 is 1.22 bits per heavy atom. The van der Waals surface area contributed by atoms with Gasteiger partial charge in [0.05, 0.1) is 6.10 Å². The molecular formula is C18H23NO4. The van der Waals surface area contributed by atoms with Crippen molar-refractivity contribution < 1.29 is 19.8 Å². The van der Waals surface area contributed by atoms with Gasteiger partial charge in [0.15, 0.2) is 5.78 Å². The Kier molecular flexibility index (Phi) is 6.49. The highest BCUT2D eigenvalue weighted by molar-refractivity contribution is 5.98. The minimum atomic E-state index is -1.13. The monoisotopic (exact) mass is 317 g/mol. The van der Waals surface area contributed by atoms with Crippen molar-refractivity contribution >= 4 is 11.7 Å². The molecule has 0 aliphatic heterocycles. The maximum Gasteiger partial charge on any atom is 0.251 e. The van der Waals surface area contributed by atoms with E-state index in [0.29, 0.717) is 5.56 Å². The molecule has 0 saturated heterocycles. The molecule has 0 fully saturated rings. The molecule has 3 N–H and O–H groups in total. The zero-order valence-corrected chi connectivity index (χ0v) is 13.9. The average Bonchev–Trinajstić information content (AvgIpc) is 2.49. The third-order valence-corrected chi connectivity index (χ3v) is 3.00. The molecule has 5 heteroatoms. The van der Waals surface area contributed by atoms with Crippen LogP contribution in [0.5, 0.6) is 0 Å². The van der Waals surface area contributed by atoms with Gasteiger partial charge in [-0.1, -0.05) is 11.8 Å². The number of hydrogen-bond acceptors (Lipinski definition) is 4. The van der Waals surface area contributed by atoms with Crippen LogP contribution in [0, 0.1) is 17.3 Å². The van der Waals surface area contributed by atoms with E-state index in [1.165, 1.54) is 6.92 Å². The predicted molar refractivity (Wildman–Crippen MR) is 87.8 cm³/mol. The summed E-state index contributed by atoms with van der Waals surface area (Å²) in [6, 6.07) is 5.51. The summed E-state index contributed by atoms with van der Waals surface area (Å²) >= 11 is 0. The Morgan fingerprint density at radius 2 is 1.78 bits per heavy atom. The molecule has 0 saturated carbocycles. The van der Waals surface area contributed by atoms with Crippen LogP contribution in [0.3, 0.4) is 0 Å². The van der Waals surface area contributed by atoms with Crippen LogP contribution in [0.2, 0.25) is 0 Å². The molecule has 124 valence electrons. The maximum absolute atomic E-state index is 12.1. The normalized spacial score (nSPS) is 13.5. The molecule has 1 rings (SSSR count). The van der Waals surface area contributed by atoms with E-state index in [-0.39, 0.29) is 5.41 Å². The Bertz CT molecular complexity index is 615. The van der Waals surface area contributed by atoms with E-state index in [4.69, 9.17) is 5.11 Å². The van der Waals surface area contributed by atoms with E-state index in [9.17, 15) is 14.7 Å². The summed E-state index contributed by atoms with van der Waals surface area (Å²) < 4.78 is 0. The molecular weight excluding hydrogens is 294 g/mol. The molecule has 0 spiro atoms. The van der Waals surface area contributed by atoms with Crippen LogP contribution in [0.15, 0.2) is 24.3 Å². The van der Waals surface area contributed by atoms with Crippen molar-refractivity contribution in [3.63, 3.8) is 0 Å². The fraction of sp³-hybridized carbons (Fsp3) is 0.444. The van der Waals surface area contributed by atoms with E-state index in [0.717, 1.165) is 5.56 Å². The maximum atomic E-state index is 12.1. The predicted octanol–water partition coefficient (Wildman–Crippen LogP) is 1.12. The highest BCUT2D eigenvalue weighted by Crippen LogP contribution is 2.11. The summed E-state index contributed by atoms with van der Waals surface area (Å²) in [7, 11) is 0. The summed E-state index contributed by atoms with van der Waals surface area (Å²) in [6.07, 6.45) is -1.09. The lowest BCUT2D eigenvalue weighted by atomic mass is 9.97. The second kappa shape index (κ2) is 7.91. The van der Waals surface area contributed by atoms with E-state index in [1.54, 1.807) is 24.3 Å². The number of ketones is 1. The van der Waals surface area contributed by atoms with Crippen molar-refractivity contribution in [2.75, 3.05) is 6.61 Å². The van der Waals surface area contributed by atoms with Gasteiger partial charge in [-0.25, -0.2) is 0 Å². The van der Waals surface area contributed by atoms with Crippen LogP contribution in [0.4, 0.5) is 0 Å². The van der Waals surface area contributed by atoms with Gasteiger partial charge in [-0.05, 0) is 52.0 Å². The molecule has 5 nitrogen and oxygen atoms in total. The quantitative estimate of drug-likeness (QED) is 0.711. The second-order valence-electron chi connectivity index (χ2n) is 6.39. The molecule has 1 aromatic rings. The second-order valence-corrected chi connectivity index (χ2v) is 6.39. The first-order valence-electron chi connectivity index (χ1n) is 7.40. The molecule has 0 radical (unpaired) electrons. The lowest BCUT2D eigenvalue weighted by molar-refractivity contribution is -0.125. The first kappa shape index (κ1) is 18.9. The van der Waals surface area contributed by atoms with Crippen molar-refractivity contribution in [3.05, 3.63) is 35.4 Å². The van der Waals surface area contributed by atoms with Crippen molar-refractivity contribution in [2.24, 2.45) is 5.41 Å². The number of carbonyl (C=O) groups is 2. The summed E-state index contributed by atoms with van der Waals surface area (Å²) in [5.74, 6) is 5.00. The number of nitrogens with one attached hydrogen (secondary N) is 1. The highest BCUT2D eigenvalue weighted by Gasteiger charge is 2.25. The van der Waals surface area contributed by atoms with Crippen LogP contribution in [-0.2, 0) is 4.79 Å². The number of hydrogen-bond donors (Lipinski definition) is 3. The number of rotatable bonds is 5. The van der Waals surface area contributed by atoms with Crippen molar-refractivity contribution in [2.45, 2.75) is 39.8 Å². The summed E-state index contributed by atoms with van der Waals surface area (Å²) in [4.78, 5) is 23.6. The van der Waals surface area contributed by atoms with Gasteiger partial charge in [-0.15, -0.1) is 0 Å². The molecule has 1 aromatic carbocycles. The van der Waals surface area contributed by atoms with E-state index >= 15 is 0 Å². The SMILES string of the molecule is C[C@@H](O)[C@H](NC(=O)c1ccc(C#CC(C)(C)C)cc1)C(=O)CO. The topological polar surface area (TPSA) is 86.6 Å². The molecule has 0 heterocycles. The summed E-state index contributed by atoms with van der Waals surface area (Å²) in [5.41, 5.74) is 1.03. The van der Waals surface area contributed by atoms with Crippen molar-refractivity contribution in [1.29, 1.82) is 0 Å². The van der Waals surface area contributed by atoms with E-state index < -0.39 is 30.4 Å². The number of Topliss-reactive ketones (excluding diaryl/α,β-unsaturated/α-hetero) is 1. The number of benzene rings is 1. The molecule has 0 unspecified atom stereocenters. The minimum Gasteiger partial charge on any atom is -0.391 e. The number of amides is 1. The summed E-state index contributed by atoms with van der Waals surface area (Å²) in [6.45, 7) is 6.67. The van der Waals surface area contributed by atoms with Crippen LogP contribution >= 0.6 is 0 Å². The van der Waals surface area contributed by atoms with Crippen molar-refractivity contribution in [1.82, 2.24) is 5.32 Å². The number of carbonyl (C=O) groups excluding carboxylic acids is 2. The van der Waals surface area contributed by atoms with E-state index in [2.05, 4.69) is 17.2 Å². The van der Waals surface area contributed by atoms with Crippen molar-refractivity contribution in [3.8, 4) is 11.8 Å². The lowest BCUT2D eigenvalue weighted by Gasteiger charge is -2.19. The third-order valence-electron chi connectivity index (χ3n) is 3.00. The first-order chi connectivity index (χ1) is 10.6. The minimum absolute atomic E-state index is 0.106. The fourth-order valence-electron chi connectivity index (χ4n) is 1.76.